The largest absolute Gasteiger partial charge is 0.338 e. The molecule has 4 heteroatoms. The van der Waals surface area contributed by atoms with Crippen molar-refractivity contribution in [3.8, 4) is 0 Å². The summed E-state index contributed by atoms with van der Waals surface area (Å²) in [5, 5.41) is 1.29. The molecule has 0 aliphatic rings. The van der Waals surface area contributed by atoms with Crippen molar-refractivity contribution in [2.24, 2.45) is 0 Å². The molecule has 0 aliphatic carbocycles. The summed E-state index contributed by atoms with van der Waals surface area (Å²) in [5.74, 6) is 0.220. The van der Waals surface area contributed by atoms with Crippen LogP contribution < -0.4 is 0 Å². The Kier molecular flexibility index (Phi) is 11.0. The minimum Gasteiger partial charge on any atom is -0.338 e. The van der Waals surface area contributed by atoms with Crippen molar-refractivity contribution >= 4 is 35.2 Å². The first-order valence-corrected chi connectivity index (χ1v) is 11.7. The van der Waals surface area contributed by atoms with Crippen LogP contribution in [0.15, 0.2) is 54.1 Å². The van der Waals surface area contributed by atoms with E-state index in [1.807, 2.05) is 35.2 Å². The summed E-state index contributed by atoms with van der Waals surface area (Å²) in [6.45, 7) is 5.57. The molecule has 0 radical (unpaired) electrons. The number of nitrogens with zero attached hydrogens (tertiary/aromatic N) is 1. The van der Waals surface area contributed by atoms with Crippen LogP contribution in [0.2, 0.25) is 10.0 Å². The van der Waals surface area contributed by atoms with Gasteiger partial charge in [-0.05, 0) is 43.0 Å². The van der Waals surface area contributed by atoms with Crippen LogP contribution in [-0.2, 0) is 11.2 Å². The molecule has 2 aromatic carbocycles. The van der Waals surface area contributed by atoms with E-state index in [0.29, 0.717) is 29.6 Å². The molecule has 0 heterocycles. The van der Waals surface area contributed by atoms with Gasteiger partial charge in [0.2, 0.25) is 5.91 Å². The molecule has 0 saturated carbocycles. The fourth-order valence-electron chi connectivity index (χ4n) is 3.49. The average Bonchev–Trinajstić information content (AvgIpc) is 2.72. The number of hydrogen-bond donors (Lipinski definition) is 0. The van der Waals surface area contributed by atoms with Crippen LogP contribution in [0, 0.1) is 0 Å². The predicted octanol–water partition coefficient (Wildman–Crippen LogP) is 7.83. The lowest BCUT2D eigenvalue weighted by Crippen LogP contribution is -2.34. The molecule has 0 fully saturated rings. The Morgan fingerprint density at radius 3 is 2.43 bits per heavy atom. The zero-order valence-electron chi connectivity index (χ0n) is 18.2. The zero-order chi connectivity index (χ0) is 21.8. The molecule has 0 aliphatic heterocycles. The van der Waals surface area contributed by atoms with Gasteiger partial charge < -0.3 is 4.90 Å². The Hall–Kier alpha value is -1.77. The monoisotopic (exact) mass is 445 g/mol. The molecule has 2 nitrogen and oxygen atoms in total. The summed E-state index contributed by atoms with van der Waals surface area (Å²) in [6.07, 6.45) is 9.21. The van der Waals surface area contributed by atoms with Crippen LogP contribution in [0.25, 0.3) is 6.08 Å². The zero-order valence-corrected chi connectivity index (χ0v) is 19.7. The van der Waals surface area contributed by atoms with E-state index >= 15 is 0 Å². The third kappa shape index (κ3) is 8.93. The van der Waals surface area contributed by atoms with Gasteiger partial charge in [0.05, 0.1) is 0 Å². The van der Waals surface area contributed by atoms with Gasteiger partial charge in [0, 0.05) is 29.6 Å². The lowest BCUT2D eigenvalue weighted by atomic mass is 10.1. The highest BCUT2D eigenvalue weighted by molar-refractivity contribution is 6.35. The topological polar surface area (TPSA) is 20.3 Å². The van der Waals surface area contributed by atoms with Gasteiger partial charge in [-0.1, -0.05) is 104 Å². The number of benzene rings is 2. The van der Waals surface area contributed by atoms with Gasteiger partial charge in [-0.3, -0.25) is 4.79 Å². The minimum absolute atomic E-state index is 0.220. The smallest absolute Gasteiger partial charge is 0.222 e. The summed E-state index contributed by atoms with van der Waals surface area (Å²) >= 11 is 12.4. The van der Waals surface area contributed by atoms with Gasteiger partial charge >= 0.3 is 0 Å². The minimum atomic E-state index is 0.220. The number of unbranched alkanes of at least 4 members (excludes halogenated alkanes) is 4. The molecule has 0 saturated heterocycles. The summed E-state index contributed by atoms with van der Waals surface area (Å²) in [5.41, 5.74) is 3.34. The fourth-order valence-corrected chi connectivity index (χ4v) is 3.99. The molecule has 162 valence electrons. The molecule has 0 atom stereocenters. The SMILES string of the molecule is CCCCCCCC(=O)N(CCc1ccc(Cl)cc1Cl)C/C(C)=C/c1ccccc1. The number of amides is 1. The average molecular weight is 446 g/mol. The van der Waals surface area contributed by atoms with E-state index in [9.17, 15) is 4.79 Å². The molecule has 0 unspecified atom stereocenters. The molecule has 2 rings (SSSR count). The summed E-state index contributed by atoms with van der Waals surface area (Å²) in [7, 11) is 0. The maximum Gasteiger partial charge on any atom is 0.222 e. The molecule has 0 aromatic heterocycles. The van der Waals surface area contributed by atoms with Crippen molar-refractivity contribution < 1.29 is 4.79 Å². The Morgan fingerprint density at radius 2 is 1.73 bits per heavy atom. The Morgan fingerprint density at radius 1 is 1.00 bits per heavy atom. The second-order valence-electron chi connectivity index (χ2n) is 7.87. The van der Waals surface area contributed by atoms with E-state index in [1.54, 1.807) is 6.07 Å². The van der Waals surface area contributed by atoms with Crippen molar-refractivity contribution in [2.45, 2.75) is 58.8 Å². The summed E-state index contributed by atoms with van der Waals surface area (Å²) < 4.78 is 0. The summed E-state index contributed by atoms with van der Waals surface area (Å²) in [6, 6.07) is 15.8. The van der Waals surface area contributed by atoms with Crippen LogP contribution in [0.1, 0.15) is 63.5 Å². The van der Waals surface area contributed by atoms with Crippen molar-refractivity contribution in [3.63, 3.8) is 0 Å². The number of carbonyl (C=O) groups excluding carboxylic acids is 1. The Balaban J connectivity index is 2.02. The van der Waals surface area contributed by atoms with Crippen LogP contribution in [0.5, 0.6) is 0 Å². The van der Waals surface area contributed by atoms with Crippen molar-refractivity contribution in [3.05, 3.63) is 75.3 Å². The van der Waals surface area contributed by atoms with Crippen molar-refractivity contribution in [1.29, 1.82) is 0 Å². The molecule has 30 heavy (non-hydrogen) atoms. The summed E-state index contributed by atoms with van der Waals surface area (Å²) in [4.78, 5) is 14.9. The van der Waals surface area contributed by atoms with Crippen LogP contribution in [0.3, 0.4) is 0 Å². The second kappa shape index (κ2) is 13.5. The maximum atomic E-state index is 13.0. The van der Waals surface area contributed by atoms with E-state index in [0.717, 1.165) is 30.4 Å². The first-order valence-electron chi connectivity index (χ1n) is 10.9. The molecular formula is C26H33Cl2NO. The first kappa shape index (κ1) is 24.5. The van der Waals surface area contributed by atoms with Gasteiger partial charge in [0.25, 0.3) is 0 Å². The third-order valence-electron chi connectivity index (χ3n) is 5.17. The Bertz CT molecular complexity index is 817. The molecular weight excluding hydrogens is 413 g/mol. The quantitative estimate of drug-likeness (QED) is 0.304. The van der Waals surface area contributed by atoms with Crippen LogP contribution >= 0.6 is 23.2 Å². The highest BCUT2D eigenvalue weighted by Gasteiger charge is 2.15. The predicted molar refractivity (Wildman–Crippen MR) is 130 cm³/mol. The molecule has 2 aromatic rings. The molecule has 1 amide bonds. The standard InChI is InChI=1S/C26H33Cl2NO/c1-3-4-5-6-10-13-26(30)29(17-16-23-14-15-24(27)19-25(23)28)20-21(2)18-22-11-8-7-9-12-22/h7-9,11-12,14-15,18-19H,3-6,10,13,16-17,20H2,1-2H3/b21-18+. The normalized spacial score (nSPS) is 11.5. The number of halogens is 2. The second-order valence-corrected chi connectivity index (χ2v) is 8.71. The number of rotatable bonds is 12. The van der Waals surface area contributed by atoms with E-state index in [2.05, 4.69) is 32.1 Å². The lowest BCUT2D eigenvalue weighted by molar-refractivity contribution is -0.130. The highest BCUT2D eigenvalue weighted by atomic mass is 35.5. The van der Waals surface area contributed by atoms with E-state index in [-0.39, 0.29) is 5.91 Å². The highest BCUT2D eigenvalue weighted by Crippen LogP contribution is 2.22. The van der Waals surface area contributed by atoms with Gasteiger partial charge in [0.1, 0.15) is 0 Å². The number of carbonyl (C=O) groups is 1. The maximum absolute atomic E-state index is 13.0. The van der Waals surface area contributed by atoms with Gasteiger partial charge in [-0.15, -0.1) is 0 Å². The van der Waals surface area contributed by atoms with Gasteiger partial charge in [-0.25, -0.2) is 0 Å². The van der Waals surface area contributed by atoms with E-state index in [1.165, 1.54) is 24.8 Å². The number of hydrogen-bond acceptors (Lipinski definition) is 1. The third-order valence-corrected chi connectivity index (χ3v) is 5.75. The van der Waals surface area contributed by atoms with Crippen LogP contribution in [0.4, 0.5) is 0 Å². The van der Waals surface area contributed by atoms with Crippen LogP contribution in [-0.4, -0.2) is 23.9 Å². The van der Waals surface area contributed by atoms with E-state index in [4.69, 9.17) is 23.2 Å². The van der Waals surface area contributed by atoms with E-state index < -0.39 is 0 Å². The first-order chi connectivity index (χ1) is 14.5. The van der Waals surface area contributed by atoms with Crippen molar-refractivity contribution in [1.82, 2.24) is 4.90 Å². The molecule has 0 N–H and O–H groups in total. The molecule has 0 bridgehead atoms. The lowest BCUT2D eigenvalue weighted by Gasteiger charge is -2.24. The van der Waals surface area contributed by atoms with Gasteiger partial charge in [0.15, 0.2) is 0 Å². The van der Waals surface area contributed by atoms with Gasteiger partial charge in [-0.2, -0.15) is 0 Å². The van der Waals surface area contributed by atoms with Crippen molar-refractivity contribution in [2.75, 3.05) is 13.1 Å². The molecule has 0 spiro atoms. The fraction of sp³-hybridized carbons (Fsp3) is 0.423. The Labute approximate surface area is 191 Å².